The molecule has 0 radical (unpaired) electrons. The Morgan fingerprint density at radius 3 is 2.56 bits per heavy atom. The van der Waals surface area contributed by atoms with Gasteiger partial charge in [0.05, 0.1) is 6.20 Å². The topological polar surface area (TPSA) is 64.1 Å². The predicted octanol–water partition coefficient (Wildman–Crippen LogP) is 3.80. The Bertz CT molecular complexity index is 1060. The maximum atomic E-state index is 12.2. The van der Waals surface area contributed by atoms with Gasteiger partial charge in [-0.2, -0.15) is 5.10 Å². The average molecular weight is 329 g/mol. The number of fused-ring (bicyclic) bond motifs is 2. The molecule has 0 aliphatic heterocycles. The first-order valence-corrected chi connectivity index (χ1v) is 7.91. The molecule has 0 spiro atoms. The molecule has 0 unspecified atom stereocenters. The van der Waals surface area contributed by atoms with Crippen LogP contribution in [0.2, 0.25) is 0 Å². The summed E-state index contributed by atoms with van der Waals surface area (Å²) in [4.78, 5) is 12.2. The van der Waals surface area contributed by atoms with Crippen molar-refractivity contribution in [2.45, 2.75) is 0 Å². The van der Waals surface area contributed by atoms with Crippen molar-refractivity contribution in [3.05, 3.63) is 72.9 Å². The van der Waals surface area contributed by atoms with Crippen LogP contribution in [0.1, 0.15) is 0 Å². The van der Waals surface area contributed by atoms with E-state index in [1.807, 2.05) is 66.7 Å². The normalized spacial score (nSPS) is 10.7. The Morgan fingerprint density at radius 1 is 0.920 bits per heavy atom. The fourth-order valence-corrected chi connectivity index (χ4v) is 2.71. The van der Waals surface area contributed by atoms with E-state index in [2.05, 4.69) is 15.5 Å². The summed E-state index contributed by atoms with van der Waals surface area (Å²) >= 11 is 0. The summed E-state index contributed by atoms with van der Waals surface area (Å²) in [6.45, 7) is -0.129. The lowest BCUT2D eigenvalue weighted by Crippen LogP contribution is -2.20. The van der Waals surface area contributed by atoms with Crippen molar-refractivity contribution in [2.24, 2.45) is 0 Å². The molecule has 1 N–H and O–H groups in total. The number of hydrogen-bond acceptors (Lipinski definition) is 4. The Labute approximate surface area is 144 Å². The summed E-state index contributed by atoms with van der Waals surface area (Å²) in [6, 6.07) is 21.4. The fourth-order valence-electron chi connectivity index (χ4n) is 2.71. The molecule has 4 aromatic rings. The van der Waals surface area contributed by atoms with Crippen molar-refractivity contribution < 1.29 is 9.53 Å². The number of aromatic nitrogens is 2. The number of nitrogens with one attached hydrogen (secondary N) is 1. The zero-order valence-corrected chi connectivity index (χ0v) is 13.3. The highest BCUT2D eigenvalue weighted by atomic mass is 16.5. The number of benzene rings is 3. The van der Waals surface area contributed by atoms with E-state index < -0.39 is 0 Å². The summed E-state index contributed by atoms with van der Waals surface area (Å²) in [7, 11) is 0. The number of carbonyl (C=O) groups excluding carboxylic acids is 1. The van der Waals surface area contributed by atoms with Crippen LogP contribution in [0.3, 0.4) is 0 Å². The van der Waals surface area contributed by atoms with Gasteiger partial charge in [0.15, 0.2) is 6.61 Å². The van der Waals surface area contributed by atoms with Crippen molar-refractivity contribution in [3.8, 4) is 5.88 Å². The van der Waals surface area contributed by atoms with Crippen molar-refractivity contribution in [1.82, 2.24) is 10.2 Å². The molecule has 5 nitrogen and oxygen atoms in total. The van der Waals surface area contributed by atoms with Crippen LogP contribution >= 0.6 is 0 Å². The molecule has 0 fully saturated rings. The molecule has 0 saturated heterocycles. The standard InChI is InChI=1S/C20H15N3O2/c24-19(22-17-10-9-14-5-1-2-6-15(14)11-17)13-25-20-18-8-4-3-7-16(18)12-21-23-20/h1-12H,13H2,(H,22,24). The number of ether oxygens (including phenoxy) is 1. The van der Waals surface area contributed by atoms with Gasteiger partial charge < -0.3 is 10.1 Å². The van der Waals surface area contributed by atoms with E-state index >= 15 is 0 Å². The lowest BCUT2D eigenvalue weighted by Gasteiger charge is -2.09. The SMILES string of the molecule is O=C(COc1nncc2ccccc12)Nc1ccc2ccccc2c1. The first-order chi connectivity index (χ1) is 12.3. The van der Waals surface area contributed by atoms with Crippen molar-refractivity contribution in [2.75, 3.05) is 11.9 Å². The highest BCUT2D eigenvalue weighted by Crippen LogP contribution is 2.22. The molecule has 4 rings (SSSR count). The summed E-state index contributed by atoms with van der Waals surface area (Å²) in [5.74, 6) is 0.108. The van der Waals surface area contributed by atoms with Crippen LogP contribution in [-0.4, -0.2) is 22.7 Å². The molecule has 1 amide bonds. The van der Waals surface area contributed by atoms with Crippen molar-refractivity contribution in [1.29, 1.82) is 0 Å². The van der Waals surface area contributed by atoms with Crippen LogP contribution < -0.4 is 10.1 Å². The Balaban J connectivity index is 1.46. The molecule has 25 heavy (non-hydrogen) atoms. The van der Waals surface area contributed by atoms with Gasteiger partial charge in [-0.25, -0.2) is 0 Å². The number of hydrogen-bond donors (Lipinski definition) is 1. The minimum Gasteiger partial charge on any atom is -0.466 e. The third kappa shape index (κ3) is 3.26. The average Bonchev–Trinajstić information content (AvgIpc) is 2.66. The summed E-state index contributed by atoms with van der Waals surface area (Å²) in [6.07, 6.45) is 1.66. The lowest BCUT2D eigenvalue weighted by atomic mass is 10.1. The fraction of sp³-hybridized carbons (Fsp3) is 0.0500. The van der Waals surface area contributed by atoms with Crippen LogP contribution in [0.25, 0.3) is 21.5 Å². The van der Waals surface area contributed by atoms with Crippen LogP contribution in [0, 0.1) is 0 Å². The van der Waals surface area contributed by atoms with Gasteiger partial charge in [-0.05, 0) is 29.0 Å². The van der Waals surface area contributed by atoms with Crippen LogP contribution in [0.15, 0.2) is 72.9 Å². The monoisotopic (exact) mass is 329 g/mol. The molecule has 0 aliphatic rings. The predicted molar refractivity (Wildman–Crippen MR) is 97.6 cm³/mol. The Kier molecular flexibility index (Phi) is 3.96. The largest absolute Gasteiger partial charge is 0.466 e. The number of nitrogens with zero attached hydrogens (tertiary/aromatic N) is 2. The zero-order valence-electron chi connectivity index (χ0n) is 13.3. The molecule has 5 heteroatoms. The van der Waals surface area contributed by atoms with E-state index in [-0.39, 0.29) is 12.5 Å². The third-order valence-corrected chi connectivity index (χ3v) is 3.91. The second kappa shape index (κ2) is 6.57. The number of anilines is 1. The number of carbonyl (C=O) groups is 1. The quantitative estimate of drug-likeness (QED) is 0.618. The summed E-state index contributed by atoms with van der Waals surface area (Å²) < 4.78 is 5.56. The van der Waals surface area contributed by atoms with E-state index in [9.17, 15) is 4.79 Å². The minimum absolute atomic E-state index is 0.129. The molecule has 122 valence electrons. The molecule has 0 aliphatic carbocycles. The third-order valence-electron chi connectivity index (χ3n) is 3.91. The second-order valence-electron chi connectivity index (χ2n) is 5.64. The van der Waals surface area contributed by atoms with Gasteiger partial charge in [0, 0.05) is 16.5 Å². The first kappa shape index (κ1) is 15.1. The molecular formula is C20H15N3O2. The molecule has 1 aromatic heterocycles. The molecule has 0 bridgehead atoms. The van der Waals surface area contributed by atoms with Gasteiger partial charge >= 0.3 is 0 Å². The molecule has 0 saturated carbocycles. The smallest absolute Gasteiger partial charge is 0.262 e. The van der Waals surface area contributed by atoms with Crippen LogP contribution in [0.5, 0.6) is 5.88 Å². The van der Waals surface area contributed by atoms with Crippen molar-refractivity contribution in [3.63, 3.8) is 0 Å². The van der Waals surface area contributed by atoms with Crippen LogP contribution in [0.4, 0.5) is 5.69 Å². The minimum atomic E-state index is -0.245. The van der Waals surface area contributed by atoms with Gasteiger partial charge in [0.2, 0.25) is 5.88 Å². The van der Waals surface area contributed by atoms with Crippen LogP contribution in [-0.2, 0) is 4.79 Å². The molecule has 3 aromatic carbocycles. The van der Waals surface area contributed by atoms with E-state index in [0.717, 1.165) is 27.2 Å². The summed E-state index contributed by atoms with van der Waals surface area (Å²) in [5.41, 5.74) is 0.733. The maximum Gasteiger partial charge on any atom is 0.262 e. The summed E-state index contributed by atoms with van der Waals surface area (Å²) in [5, 5.41) is 14.7. The van der Waals surface area contributed by atoms with E-state index in [4.69, 9.17) is 4.74 Å². The van der Waals surface area contributed by atoms with Crippen molar-refractivity contribution >= 4 is 33.1 Å². The second-order valence-corrected chi connectivity index (χ2v) is 5.64. The molecule has 0 atom stereocenters. The highest BCUT2D eigenvalue weighted by Gasteiger charge is 2.08. The van der Waals surface area contributed by atoms with Gasteiger partial charge in [0.1, 0.15) is 0 Å². The van der Waals surface area contributed by atoms with Gasteiger partial charge in [-0.1, -0.05) is 48.5 Å². The van der Waals surface area contributed by atoms with Gasteiger partial charge in [-0.15, -0.1) is 5.10 Å². The highest BCUT2D eigenvalue weighted by molar-refractivity contribution is 5.95. The number of rotatable bonds is 4. The Hall–Kier alpha value is -3.47. The maximum absolute atomic E-state index is 12.2. The van der Waals surface area contributed by atoms with E-state index in [1.165, 1.54) is 0 Å². The Morgan fingerprint density at radius 2 is 1.68 bits per heavy atom. The van der Waals surface area contributed by atoms with Gasteiger partial charge in [0.25, 0.3) is 5.91 Å². The first-order valence-electron chi connectivity index (χ1n) is 7.91. The molecule has 1 heterocycles. The number of amides is 1. The van der Waals surface area contributed by atoms with Gasteiger partial charge in [-0.3, -0.25) is 4.79 Å². The van der Waals surface area contributed by atoms with E-state index in [0.29, 0.717) is 5.88 Å². The zero-order chi connectivity index (χ0) is 17.1. The molecular weight excluding hydrogens is 314 g/mol. The van der Waals surface area contributed by atoms with E-state index in [1.54, 1.807) is 6.20 Å². The lowest BCUT2D eigenvalue weighted by molar-refractivity contribution is -0.118.